The van der Waals surface area contributed by atoms with Gasteiger partial charge in [-0.05, 0) is 37.0 Å². The Hall–Kier alpha value is -1.26. The van der Waals surface area contributed by atoms with Crippen molar-refractivity contribution in [3.63, 3.8) is 0 Å². The van der Waals surface area contributed by atoms with Gasteiger partial charge in [-0.25, -0.2) is 0 Å². The fraction of sp³-hybridized carbons (Fsp3) is 0.600. The number of aliphatic hydroxyl groups is 1. The second kappa shape index (κ2) is 5.80. The maximum absolute atomic E-state index is 10.4. The van der Waals surface area contributed by atoms with Gasteiger partial charge in [-0.3, -0.25) is 0 Å². The maximum Gasteiger partial charge on any atom is 0.122 e. The summed E-state index contributed by atoms with van der Waals surface area (Å²) in [6.07, 6.45) is 3.25. The summed E-state index contributed by atoms with van der Waals surface area (Å²) in [4.78, 5) is 0. The first-order valence-electron chi connectivity index (χ1n) is 6.58. The Balaban J connectivity index is 2.15. The highest BCUT2D eigenvalue weighted by molar-refractivity contribution is 5.39. The van der Waals surface area contributed by atoms with Crippen molar-refractivity contribution in [3.05, 3.63) is 23.8 Å². The molecule has 0 saturated heterocycles. The second-order valence-corrected chi connectivity index (χ2v) is 5.11. The summed E-state index contributed by atoms with van der Waals surface area (Å²) < 4.78 is 16.0. The van der Waals surface area contributed by atoms with Crippen LogP contribution in [0.3, 0.4) is 0 Å². The van der Waals surface area contributed by atoms with E-state index in [0.29, 0.717) is 17.9 Å². The van der Waals surface area contributed by atoms with Gasteiger partial charge < -0.3 is 19.3 Å². The van der Waals surface area contributed by atoms with E-state index in [0.717, 1.165) is 18.4 Å². The van der Waals surface area contributed by atoms with Crippen molar-refractivity contribution in [1.82, 2.24) is 0 Å². The van der Waals surface area contributed by atoms with Crippen molar-refractivity contribution >= 4 is 0 Å². The van der Waals surface area contributed by atoms with Gasteiger partial charge in [-0.2, -0.15) is 0 Å². The molecule has 0 heterocycles. The normalized spacial score (nSPS) is 18.5. The first kappa shape index (κ1) is 14.2. The van der Waals surface area contributed by atoms with Crippen LogP contribution in [-0.2, 0) is 4.74 Å². The quantitative estimate of drug-likeness (QED) is 0.860. The van der Waals surface area contributed by atoms with Gasteiger partial charge in [0, 0.05) is 19.6 Å². The van der Waals surface area contributed by atoms with Crippen LogP contribution in [0.15, 0.2) is 18.2 Å². The number of methoxy groups -OCH3 is 3. The van der Waals surface area contributed by atoms with E-state index in [4.69, 9.17) is 14.2 Å². The largest absolute Gasteiger partial charge is 0.497 e. The topological polar surface area (TPSA) is 47.9 Å². The predicted molar refractivity (Wildman–Crippen MR) is 72.7 cm³/mol. The molecule has 1 aliphatic carbocycles. The lowest BCUT2D eigenvalue weighted by atomic mass is 9.75. The molecule has 1 atom stereocenters. The first-order chi connectivity index (χ1) is 9.12. The van der Waals surface area contributed by atoms with Crippen LogP contribution in [0, 0.1) is 0 Å². The summed E-state index contributed by atoms with van der Waals surface area (Å²) in [6.45, 7) is 0. The van der Waals surface area contributed by atoms with Crippen molar-refractivity contribution in [2.75, 3.05) is 21.3 Å². The first-order valence-corrected chi connectivity index (χ1v) is 6.58. The molecule has 0 spiro atoms. The molecule has 0 amide bonds. The highest BCUT2D eigenvalue weighted by Crippen LogP contribution is 2.42. The van der Waals surface area contributed by atoms with Gasteiger partial charge in [0.1, 0.15) is 11.5 Å². The molecule has 1 aromatic carbocycles. The predicted octanol–water partition coefficient (Wildman–Crippen LogP) is 2.70. The minimum atomic E-state index is -0.566. The lowest BCUT2D eigenvalue weighted by Crippen LogP contribution is -2.40. The minimum Gasteiger partial charge on any atom is -0.497 e. The van der Waals surface area contributed by atoms with Gasteiger partial charge in [-0.15, -0.1) is 0 Å². The van der Waals surface area contributed by atoms with Gasteiger partial charge in [0.15, 0.2) is 0 Å². The van der Waals surface area contributed by atoms with Gasteiger partial charge >= 0.3 is 0 Å². The molecule has 1 aromatic rings. The number of benzene rings is 1. The minimum absolute atomic E-state index is 0.157. The zero-order chi connectivity index (χ0) is 13.9. The average Bonchev–Trinajstić information content (AvgIpc) is 2.41. The molecular weight excluding hydrogens is 244 g/mol. The highest BCUT2D eigenvalue weighted by Gasteiger charge is 2.39. The maximum atomic E-state index is 10.4. The van der Waals surface area contributed by atoms with Gasteiger partial charge in [0.05, 0.1) is 25.9 Å². The second-order valence-electron chi connectivity index (χ2n) is 5.11. The summed E-state index contributed by atoms with van der Waals surface area (Å²) in [5, 5.41) is 10.4. The molecule has 19 heavy (non-hydrogen) atoms. The molecule has 1 fully saturated rings. The van der Waals surface area contributed by atoms with Crippen molar-refractivity contribution in [2.45, 2.75) is 37.4 Å². The lowest BCUT2D eigenvalue weighted by molar-refractivity contribution is -0.0999. The molecule has 106 valence electrons. The van der Waals surface area contributed by atoms with Crippen molar-refractivity contribution in [2.24, 2.45) is 0 Å². The van der Waals surface area contributed by atoms with Crippen LogP contribution in [0.25, 0.3) is 0 Å². The van der Waals surface area contributed by atoms with E-state index in [2.05, 4.69) is 0 Å². The number of hydrogen-bond acceptors (Lipinski definition) is 4. The molecule has 0 bridgehead atoms. The summed E-state index contributed by atoms with van der Waals surface area (Å²) in [6, 6.07) is 5.48. The number of ether oxygens (including phenoxy) is 3. The molecular formula is C15H22O4. The summed E-state index contributed by atoms with van der Waals surface area (Å²) >= 11 is 0. The van der Waals surface area contributed by atoms with Crippen LogP contribution in [-0.4, -0.2) is 32.0 Å². The Bertz CT molecular complexity index is 398. The van der Waals surface area contributed by atoms with Crippen molar-refractivity contribution < 1.29 is 19.3 Å². The van der Waals surface area contributed by atoms with Gasteiger partial charge in [0.25, 0.3) is 0 Å². The zero-order valence-corrected chi connectivity index (χ0v) is 11.8. The molecule has 1 N–H and O–H groups in total. The fourth-order valence-electron chi connectivity index (χ4n) is 2.55. The molecule has 1 unspecified atom stereocenters. The van der Waals surface area contributed by atoms with Gasteiger partial charge in [0.2, 0.25) is 0 Å². The smallest absolute Gasteiger partial charge is 0.122 e. The van der Waals surface area contributed by atoms with Crippen LogP contribution in [0.1, 0.15) is 37.4 Å². The van der Waals surface area contributed by atoms with Crippen LogP contribution < -0.4 is 9.47 Å². The highest BCUT2D eigenvalue weighted by atomic mass is 16.5. The molecule has 0 aliphatic heterocycles. The Morgan fingerprint density at radius 2 is 1.68 bits per heavy atom. The summed E-state index contributed by atoms with van der Waals surface area (Å²) in [5.74, 6) is 1.38. The van der Waals surface area contributed by atoms with E-state index in [1.165, 1.54) is 6.42 Å². The Kier molecular flexibility index (Phi) is 4.32. The van der Waals surface area contributed by atoms with Crippen LogP contribution in [0.2, 0.25) is 0 Å². The van der Waals surface area contributed by atoms with Crippen LogP contribution >= 0.6 is 0 Å². The Labute approximate surface area is 114 Å². The standard InChI is InChI=1S/C15H22O4/c1-17-12-7-11(8-13(9-12)18-2)14(16)10-15(19-3)5-4-6-15/h7-9,14,16H,4-6,10H2,1-3H3. The third-order valence-corrected chi connectivity index (χ3v) is 4.02. The molecule has 0 radical (unpaired) electrons. The van der Waals surface area contributed by atoms with Crippen molar-refractivity contribution in [1.29, 1.82) is 0 Å². The van der Waals surface area contributed by atoms with Crippen molar-refractivity contribution in [3.8, 4) is 11.5 Å². The lowest BCUT2D eigenvalue weighted by Gasteiger charge is -2.41. The number of rotatable bonds is 6. The fourth-order valence-corrected chi connectivity index (χ4v) is 2.55. The summed E-state index contributed by atoms with van der Waals surface area (Å²) in [5.41, 5.74) is 0.648. The van der Waals surface area contributed by atoms with Crippen LogP contribution in [0.4, 0.5) is 0 Å². The van der Waals surface area contributed by atoms with E-state index < -0.39 is 6.10 Å². The monoisotopic (exact) mass is 266 g/mol. The van der Waals surface area contributed by atoms with E-state index in [1.807, 2.05) is 12.1 Å². The third-order valence-electron chi connectivity index (χ3n) is 4.02. The van der Waals surface area contributed by atoms with Gasteiger partial charge in [-0.1, -0.05) is 0 Å². The van der Waals surface area contributed by atoms with E-state index >= 15 is 0 Å². The van der Waals surface area contributed by atoms with E-state index in [1.54, 1.807) is 27.4 Å². The molecule has 4 heteroatoms. The molecule has 1 saturated carbocycles. The summed E-state index contributed by atoms with van der Waals surface area (Å²) in [7, 11) is 4.93. The zero-order valence-electron chi connectivity index (χ0n) is 11.8. The molecule has 0 aromatic heterocycles. The average molecular weight is 266 g/mol. The molecule has 4 nitrogen and oxygen atoms in total. The van der Waals surface area contributed by atoms with E-state index in [9.17, 15) is 5.11 Å². The molecule has 2 rings (SSSR count). The number of hydrogen-bond donors (Lipinski definition) is 1. The van der Waals surface area contributed by atoms with Crippen LogP contribution in [0.5, 0.6) is 11.5 Å². The Morgan fingerprint density at radius 3 is 2.05 bits per heavy atom. The SMILES string of the molecule is COc1cc(OC)cc(C(O)CC2(OC)CCC2)c1. The Morgan fingerprint density at radius 1 is 1.11 bits per heavy atom. The third kappa shape index (κ3) is 3.01. The van der Waals surface area contributed by atoms with E-state index in [-0.39, 0.29) is 5.60 Å². The number of aliphatic hydroxyl groups excluding tert-OH is 1. The molecule has 1 aliphatic rings.